The third-order valence-corrected chi connectivity index (χ3v) is 2.88. The quantitative estimate of drug-likeness (QED) is 0.812. The highest BCUT2D eigenvalue weighted by Crippen LogP contribution is 2.13. The van der Waals surface area contributed by atoms with Gasteiger partial charge < -0.3 is 9.72 Å². The molecule has 2 aromatic rings. The Bertz CT molecular complexity index is 573. The van der Waals surface area contributed by atoms with E-state index in [2.05, 4.69) is 9.97 Å². The van der Waals surface area contributed by atoms with Gasteiger partial charge in [0.25, 0.3) is 5.56 Å². The number of carbonyl (C=O) groups excluding carboxylic acids is 1. The zero-order valence-electron chi connectivity index (χ0n) is 8.65. The molecule has 6 heteroatoms. The van der Waals surface area contributed by atoms with Crippen LogP contribution in [0.1, 0.15) is 12.7 Å². The predicted molar refractivity (Wildman–Crippen MR) is 60.6 cm³/mol. The second-order valence-electron chi connectivity index (χ2n) is 3.13. The minimum absolute atomic E-state index is 0.00509. The monoisotopic (exact) mass is 238 g/mol. The van der Waals surface area contributed by atoms with Crippen LogP contribution in [0.4, 0.5) is 0 Å². The van der Waals surface area contributed by atoms with Crippen molar-refractivity contribution in [2.24, 2.45) is 0 Å². The van der Waals surface area contributed by atoms with Gasteiger partial charge in [0.2, 0.25) is 0 Å². The normalized spacial score (nSPS) is 10.6. The van der Waals surface area contributed by atoms with E-state index in [-0.39, 0.29) is 17.9 Å². The molecule has 2 heterocycles. The molecule has 0 aromatic carbocycles. The number of carbonyl (C=O) groups is 1. The fourth-order valence-electron chi connectivity index (χ4n) is 1.35. The zero-order chi connectivity index (χ0) is 11.5. The molecule has 1 N–H and O–H groups in total. The molecule has 0 saturated heterocycles. The maximum absolute atomic E-state index is 11.6. The second kappa shape index (κ2) is 4.44. The van der Waals surface area contributed by atoms with Crippen LogP contribution in [0.5, 0.6) is 0 Å². The maximum Gasteiger partial charge on any atom is 0.313 e. The fraction of sp³-hybridized carbons (Fsp3) is 0.300. The number of rotatable bonds is 3. The second-order valence-corrected chi connectivity index (χ2v) is 4.05. The minimum Gasteiger partial charge on any atom is -0.466 e. The summed E-state index contributed by atoms with van der Waals surface area (Å²) in [5.41, 5.74) is 0.410. The molecule has 0 unspecified atom stereocenters. The molecule has 0 radical (unpaired) electrons. The lowest BCUT2D eigenvalue weighted by atomic mass is 10.4. The molecule has 0 fully saturated rings. The highest BCUT2D eigenvalue weighted by Gasteiger charge is 2.09. The van der Waals surface area contributed by atoms with Crippen LogP contribution in [0.15, 0.2) is 16.2 Å². The van der Waals surface area contributed by atoms with E-state index in [1.165, 1.54) is 11.3 Å². The number of ether oxygens (including phenoxy) is 1. The number of hydrogen-bond acceptors (Lipinski definition) is 5. The Morgan fingerprint density at radius 2 is 2.44 bits per heavy atom. The summed E-state index contributed by atoms with van der Waals surface area (Å²) >= 11 is 1.33. The highest BCUT2D eigenvalue weighted by atomic mass is 32.1. The summed E-state index contributed by atoms with van der Waals surface area (Å²) in [4.78, 5) is 29.5. The molecule has 2 rings (SSSR count). The van der Waals surface area contributed by atoms with E-state index in [1.807, 2.05) is 0 Å². The number of thiophene rings is 1. The number of nitrogens with one attached hydrogen (secondary N) is 1. The number of H-pyrrole nitrogens is 1. The Kier molecular flexibility index (Phi) is 3.00. The average molecular weight is 238 g/mol. The van der Waals surface area contributed by atoms with Crippen LogP contribution in [0.2, 0.25) is 0 Å². The van der Waals surface area contributed by atoms with Crippen LogP contribution in [0.25, 0.3) is 10.2 Å². The molecule has 0 aliphatic heterocycles. The van der Waals surface area contributed by atoms with Crippen molar-refractivity contribution in [2.45, 2.75) is 13.3 Å². The predicted octanol–water partition coefficient (Wildman–Crippen LogP) is 1.09. The van der Waals surface area contributed by atoms with E-state index < -0.39 is 0 Å². The molecule has 0 spiro atoms. The smallest absolute Gasteiger partial charge is 0.313 e. The van der Waals surface area contributed by atoms with Crippen molar-refractivity contribution >= 4 is 27.5 Å². The summed E-state index contributed by atoms with van der Waals surface area (Å²) in [5, 5.41) is 1.79. The molecule has 84 valence electrons. The standard InChI is InChI=1S/C10H10N2O3S/c1-2-15-8(13)5-7-11-6-3-4-16-9(6)10(14)12-7/h3-4H,2,5H2,1H3,(H,11,12,14). The van der Waals surface area contributed by atoms with Crippen LogP contribution < -0.4 is 5.56 Å². The summed E-state index contributed by atoms with van der Waals surface area (Å²) < 4.78 is 5.36. The number of aromatic nitrogens is 2. The number of aromatic amines is 1. The van der Waals surface area contributed by atoms with E-state index in [4.69, 9.17) is 4.74 Å². The molecular formula is C10H10N2O3S. The molecule has 0 saturated carbocycles. The summed E-state index contributed by atoms with van der Waals surface area (Å²) in [5.74, 6) is -0.0467. The van der Waals surface area contributed by atoms with Gasteiger partial charge in [0.05, 0.1) is 12.1 Å². The molecule has 16 heavy (non-hydrogen) atoms. The van der Waals surface area contributed by atoms with Gasteiger partial charge in [-0.15, -0.1) is 11.3 Å². The first kappa shape index (κ1) is 10.8. The molecule has 2 aromatic heterocycles. The van der Waals surface area contributed by atoms with Gasteiger partial charge in [0.15, 0.2) is 0 Å². The van der Waals surface area contributed by atoms with Gasteiger partial charge in [-0.3, -0.25) is 9.59 Å². The van der Waals surface area contributed by atoms with Crippen LogP contribution >= 0.6 is 11.3 Å². The van der Waals surface area contributed by atoms with E-state index >= 15 is 0 Å². The lowest BCUT2D eigenvalue weighted by molar-refractivity contribution is -0.142. The Hall–Kier alpha value is -1.69. The summed E-state index contributed by atoms with van der Waals surface area (Å²) in [6.07, 6.45) is -0.00509. The molecule has 0 aliphatic carbocycles. The third kappa shape index (κ3) is 2.11. The largest absolute Gasteiger partial charge is 0.466 e. The Morgan fingerprint density at radius 3 is 3.19 bits per heavy atom. The van der Waals surface area contributed by atoms with E-state index in [1.54, 1.807) is 18.4 Å². The average Bonchev–Trinajstić information content (AvgIpc) is 2.66. The summed E-state index contributed by atoms with van der Waals surface area (Å²) in [6, 6.07) is 1.75. The SMILES string of the molecule is CCOC(=O)Cc1nc2ccsc2c(=O)[nH]1. The van der Waals surface area contributed by atoms with Crippen molar-refractivity contribution in [1.82, 2.24) is 9.97 Å². The third-order valence-electron chi connectivity index (χ3n) is 1.98. The zero-order valence-corrected chi connectivity index (χ0v) is 9.47. The van der Waals surface area contributed by atoms with Crippen molar-refractivity contribution in [3.05, 3.63) is 27.6 Å². The molecule has 0 amide bonds. The first-order valence-corrected chi connectivity index (χ1v) is 5.70. The van der Waals surface area contributed by atoms with Gasteiger partial charge in [-0.2, -0.15) is 0 Å². The van der Waals surface area contributed by atoms with Crippen LogP contribution in [-0.2, 0) is 16.0 Å². The number of hydrogen-bond donors (Lipinski definition) is 1. The molecule has 0 bridgehead atoms. The van der Waals surface area contributed by atoms with Crippen molar-refractivity contribution < 1.29 is 9.53 Å². The van der Waals surface area contributed by atoms with Crippen LogP contribution in [0, 0.1) is 0 Å². The van der Waals surface area contributed by atoms with Crippen molar-refractivity contribution in [3.8, 4) is 0 Å². The number of nitrogens with zero attached hydrogens (tertiary/aromatic N) is 1. The fourth-order valence-corrected chi connectivity index (χ4v) is 2.08. The van der Waals surface area contributed by atoms with Gasteiger partial charge in [0, 0.05) is 0 Å². The maximum atomic E-state index is 11.6. The first-order valence-electron chi connectivity index (χ1n) is 4.82. The van der Waals surface area contributed by atoms with Gasteiger partial charge in [-0.1, -0.05) is 0 Å². The van der Waals surface area contributed by atoms with E-state index in [9.17, 15) is 9.59 Å². The lowest BCUT2D eigenvalue weighted by Gasteiger charge is -2.01. The molecule has 0 atom stereocenters. The van der Waals surface area contributed by atoms with Crippen LogP contribution in [-0.4, -0.2) is 22.5 Å². The van der Waals surface area contributed by atoms with Gasteiger partial charge in [-0.05, 0) is 18.4 Å². The van der Waals surface area contributed by atoms with Crippen molar-refractivity contribution in [3.63, 3.8) is 0 Å². The van der Waals surface area contributed by atoms with Crippen molar-refractivity contribution in [1.29, 1.82) is 0 Å². The first-order chi connectivity index (χ1) is 7.70. The number of fused-ring (bicyclic) bond motifs is 1. The summed E-state index contributed by atoms with van der Waals surface area (Å²) in [7, 11) is 0. The molecule has 0 aliphatic rings. The van der Waals surface area contributed by atoms with Crippen molar-refractivity contribution in [2.75, 3.05) is 6.61 Å². The number of esters is 1. The van der Waals surface area contributed by atoms with E-state index in [0.717, 1.165) is 0 Å². The topological polar surface area (TPSA) is 72.0 Å². The summed E-state index contributed by atoms with van der Waals surface area (Å²) in [6.45, 7) is 2.06. The molecule has 5 nitrogen and oxygen atoms in total. The Labute approximate surface area is 95.1 Å². The highest BCUT2D eigenvalue weighted by molar-refractivity contribution is 7.17. The van der Waals surface area contributed by atoms with E-state index in [0.29, 0.717) is 22.6 Å². The minimum atomic E-state index is -0.389. The van der Waals surface area contributed by atoms with Gasteiger partial charge in [-0.25, -0.2) is 4.98 Å². The van der Waals surface area contributed by atoms with Gasteiger partial charge >= 0.3 is 5.97 Å². The molecular weight excluding hydrogens is 228 g/mol. The van der Waals surface area contributed by atoms with Gasteiger partial charge in [0.1, 0.15) is 16.9 Å². The lowest BCUT2D eigenvalue weighted by Crippen LogP contribution is -2.15. The Morgan fingerprint density at radius 1 is 1.62 bits per heavy atom. The van der Waals surface area contributed by atoms with Crippen LogP contribution in [0.3, 0.4) is 0 Å². The Balaban J connectivity index is 2.31.